The summed E-state index contributed by atoms with van der Waals surface area (Å²) in [5, 5.41) is 12.0. The summed E-state index contributed by atoms with van der Waals surface area (Å²) in [5.41, 5.74) is 0.868. The molecule has 1 aromatic heterocycles. The van der Waals surface area contributed by atoms with Crippen LogP contribution in [0.25, 0.3) is 0 Å². The van der Waals surface area contributed by atoms with E-state index in [-0.39, 0.29) is 5.92 Å². The summed E-state index contributed by atoms with van der Waals surface area (Å²) in [6.07, 6.45) is 3.41. The average Bonchev–Trinajstić information content (AvgIpc) is 2.28. The first-order valence-corrected chi connectivity index (χ1v) is 5.86. The van der Waals surface area contributed by atoms with Crippen LogP contribution in [-0.2, 0) is 11.3 Å². The normalized spacial score (nSPS) is 12.5. The van der Waals surface area contributed by atoms with Crippen molar-refractivity contribution in [3.8, 4) is 0 Å². The van der Waals surface area contributed by atoms with Gasteiger partial charge in [0.2, 0.25) is 5.95 Å². The Morgan fingerprint density at radius 3 is 2.33 bits per heavy atom. The lowest BCUT2D eigenvalue weighted by molar-refractivity contribution is -0.140. The molecule has 0 spiro atoms. The molecule has 0 aliphatic rings. The van der Waals surface area contributed by atoms with E-state index in [0.717, 1.165) is 5.56 Å². The van der Waals surface area contributed by atoms with Gasteiger partial charge in [-0.25, -0.2) is 9.97 Å². The summed E-state index contributed by atoms with van der Waals surface area (Å²) in [5.74, 6) is -0.169. The van der Waals surface area contributed by atoms with E-state index in [1.165, 1.54) is 0 Å². The number of anilines is 1. The Morgan fingerprint density at radius 1 is 1.39 bits per heavy atom. The fourth-order valence-corrected chi connectivity index (χ4v) is 1.51. The van der Waals surface area contributed by atoms with Crippen LogP contribution < -0.4 is 10.2 Å². The topological polar surface area (TPSA) is 78.4 Å². The molecule has 0 aliphatic carbocycles. The molecule has 6 heteroatoms. The van der Waals surface area contributed by atoms with Crippen molar-refractivity contribution in [1.82, 2.24) is 15.3 Å². The molecule has 0 bridgehead atoms. The molecular formula is C12H20N4O2. The number of hydrogen-bond acceptors (Lipinski definition) is 5. The summed E-state index contributed by atoms with van der Waals surface area (Å²) in [7, 11) is 3.74. The molecule has 0 fully saturated rings. The van der Waals surface area contributed by atoms with Gasteiger partial charge in [-0.2, -0.15) is 0 Å². The van der Waals surface area contributed by atoms with E-state index in [1.807, 2.05) is 32.8 Å². The molecule has 0 saturated heterocycles. The zero-order valence-corrected chi connectivity index (χ0v) is 11.2. The third-order valence-electron chi connectivity index (χ3n) is 2.55. The quantitative estimate of drug-likeness (QED) is 0.777. The second kappa shape index (κ2) is 6.30. The summed E-state index contributed by atoms with van der Waals surface area (Å²) < 4.78 is 0. The van der Waals surface area contributed by atoms with Gasteiger partial charge in [-0.05, 0) is 5.92 Å². The molecule has 0 amide bonds. The minimum absolute atomic E-state index is 0.0319. The first-order chi connectivity index (χ1) is 8.41. The Balaban J connectivity index is 2.60. The number of carbonyl (C=O) groups is 1. The number of carboxylic acids is 1. The van der Waals surface area contributed by atoms with Gasteiger partial charge >= 0.3 is 5.97 Å². The highest BCUT2D eigenvalue weighted by Gasteiger charge is 2.20. The molecule has 100 valence electrons. The SMILES string of the molecule is CC(C)[C@H](NCc1cnc(N(C)C)nc1)C(=O)O. The zero-order valence-electron chi connectivity index (χ0n) is 11.2. The van der Waals surface area contributed by atoms with Gasteiger partial charge in [0.1, 0.15) is 6.04 Å². The molecule has 6 nitrogen and oxygen atoms in total. The number of carboxylic acid groups (broad SMARTS) is 1. The second-order valence-corrected chi connectivity index (χ2v) is 4.73. The van der Waals surface area contributed by atoms with Gasteiger partial charge in [-0.1, -0.05) is 13.8 Å². The Hall–Kier alpha value is -1.69. The first-order valence-electron chi connectivity index (χ1n) is 5.86. The van der Waals surface area contributed by atoms with Crippen LogP contribution in [0, 0.1) is 5.92 Å². The number of nitrogens with one attached hydrogen (secondary N) is 1. The molecule has 0 radical (unpaired) electrons. The number of aromatic nitrogens is 2. The minimum Gasteiger partial charge on any atom is -0.480 e. The predicted molar refractivity (Wildman–Crippen MR) is 69.5 cm³/mol. The molecule has 0 aliphatic heterocycles. The molecule has 0 unspecified atom stereocenters. The Morgan fingerprint density at radius 2 is 1.94 bits per heavy atom. The number of hydrogen-bond donors (Lipinski definition) is 2. The van der Waals surface area contributed by atoms with Crippen molar-refractivity contribution >= 4 is 11.9 Å². The van der Waals surface area contributed by atoms with Gasteiger partial charge in [-0.3, -0.25) is 10.1 Å². The van der Waals surface area contributed by atoms with Crippen LogP contribution in [0.15, 0.2) is 12.4 Å². The van der Waals surface area contributed by atoms with Crippen molar-refractivity contribution in [3.05, 3.63) is 18.0 Å². The van der Waals surface area contributed by atoms with Crippen LogP contribution in [-0.4, -0.2) is 41.2 Å². The van der Waals surface area contributed by atoms with Crippen LogP contribution in [0.5, 0.6) is 0 Å². The first kappa shape index (κ1) is 14.4. The number of aliphatic carboxylic acids is 1. The third-order valence-corrected chi connectivity index (χ3v) is 2.55. The lowest BCUT2D eigenvalue weighted by Crippen LogP contribution is -2.40. The summed E-state index contributed by atoms with van der Waals surface area (Å²) in [6, 6.07) is -0.557. The third kappa shape index (κ3) is 3.96. The smallest absolute Gasteiger partial charge is 0.320 e. The maximum atomic E-state index is 11.0. The Bertz CT molecular complexity index is 390. The molecule has 0 saturated carbocycles. The Labute approximate surface area is 107 Å². The zero-order chi connectivity index (χ0) is 13.7. The molecule has 0 aromatic carbocycles. The van der Waals surface area contributed by atoms with E-state index < -0.39 is 12.0 Å². The van der Waals surface area contributed by atoms with Gasteiger partial charge in [0.25, 0.3) is 0 Å². The lowest BCUT2D eigenvalue weighted by Gasteiger charge is -2.18. The van der Waals surface area contributed by atoms with Gasteiger partial charge < -0.3 is 10.0 Å². The summed E-state index contributed by atoms with van der Waals surface area (Å²) in [6.45, 7) is 4.19. The highest BCUT2D eigenvalue weighted by atomic mass is 16.4. The maximum Gasteiger partial charge on any atom is 0.320 e. The molecule has 1 rings (SSSR count). The van der Waals surface area contributed by atoms with Crippen LogP contribution >= 0.6 is 0 Å². The molecule has 18 heavy (non-hydrogen) atoms. The number of nitrogens with zero attached hydrogens (tertiary/aromatic N) is 3. The van der Waals surface area contributed by atoms with E-state index in [4.69, 9.17) is 5.11 Å². The average molecular weight is 252 g/mol. The van der Waals surface area contributed by atoms with Crippen molar-refractivity contribution < 1.29 is 9.90 Å². The van der Waals surface area contributed by atoms with Crippen molar-refractivity contribution in [2.75, 3.05) is 19.0 Å². The van der Waals surface area contributed by atoms with Crippen molar-refractivity contribution in [3.63, 3.8) is 0 Å². The summed E-state index contributed by atoms with van der Waals surface area (Å²) in [4.78, 5) is 21.2. The van der Waals surface area contributed by atoms with Gasteiger partial charge in [-0.15, -0.1) is 0 Å². The summed E-state index contributed by atoms with van der Waals surface area (Å²) >= 11 is 0. The monoisotopic (exact) mass is 252 g/mol. The highest BCUT2D eigenvalue weighted by molar-refractivity contribution is 5.73. The van der Waals surface area contributed by atoms with Crippen molar-refractivity contribution in [2.45, 2.75) is 26.4 Å². The van der Waals surface area contributed by atoms with Crippen molar-refractivity contribution in [2.24, 2.45) is 5.92 Å². The molecule has 1 atom stereocenters. The molecule has 1 aromatic rings. The van der Waals surface area contributed by atoms with E-state index in [1.54, 1.807) is 12.4 Å². The van der Waals surface area contributed by atoms with E-state index in [0.29, 0.717) is 12.5 Å². The second-order valence-electron chi connectivity index (χ2n) is 4.73. The van der Waals surface area contributed by atoms with Crippen LogP contribution in [0.4, 0.5) is 5.95 Å². The highest BCUT2D eigenvalue weighted by Crippen LogP contribution is 2.06. The van der Waals surface area contributed by atoms with E-state index in [2.05, 4.69) is 15.3 Å². The minimum atomic E-state index is -0.837. The molecule has 2 N–H and O–H groups in total. The van der Waals surface area contributed by atoms with Crippen LogP contribution in [0.2, 0.25) is 0 Å². The fraction of sp³-hybridized carbons (Fsp3) is 0.583. The van der Waals surface area contributed by atoms with Crippen LogP contribution in [0.1, 0.15) is 19.4 Å². The van der Waals surface area contributed by atoms with E-state index in [9.17, 15) is 4.79 Å². The van der Waals surface area contributed by atoms with Gasteiger partial charge in [0.15, 0.2) is 0 Å². The Kier molecular flexibility index (Phi) is 5.03. The standard InChI is InChI=1S/C12H20N4O2/c1-8(2)10(11(17)18)13-5-9-6-14-12(15-7-9)16(3)4/h6-8,10,13H,5H2,1-4H3,(H,17,18)/t10-/m0/s1. The van der Waals surface area contributed by atoms with Crippen LogP contribution in [0.3, 0.4) is 0 Å². The van der Waals surface area contributed by atoms with E-state index >= 15 is 0 Å². The largest absolute Gasteiger partial charge is 0.480 e. The fourth-order valence-electron chi connectivity index (χ4n) is 1.51. The lowest BCUT2D eigenvalue weighted by atomic mass is 10.0. The number of rotatable bonds is 6. The van der Waals surface area contributed by atoms with Gasteiger partial charge in [0, 0.05) is 38.6 Å². The molecule has 1 heterocycles. The maximum absolute atomic E-state index is 11.0. The van der Waals surface area contributed by atoms with Gasteiger partial charge in [0.05, 0.1) is 0 Å². The molecular weight excluding hydrogens is 232 g/mol. The predicted octanol–water partition coefficient (Wildman–Crippen LogP) is 0.741. The van der Waals surface area contributed by atoms with Crippen molar-refractivity contribution in [1.29, 1.82) is 0 Å².